The Bertz CT molecular complexity index is 485. The van der Waals surface area contributed by atoms with Gasteiger partial charge in [0.15, 0.2) is 0 Å². The molecule has 1 unspecified atom stereocenters. The standard InChI is InChI=1S/C14H21N3O3/c1-10-7-15-8-12(16-10)19-11-5-6-17(9-11)13(18)20-14(2,3)4/h7-8,11H,5-6,9H2,1-4H3. The minimum atomic E-state index is -0.474. The highest BCUT2D eigenvalue weighted by atomic mass is 16.6. The zero-order chi connectivity index (χ0) is 14.8. The summed E-state index contributed by atoms with van der Waals surface area (Å²) < 4.78 is 11.1. The Morgan fingerprint density at radius 1 is 1.40 bits per heavy atom. The molecule has 6 heteroatoms. The molecule has 0 radical (unpaired) electrons. The Hall–Kier alpha value is -1.85. The van der Waals surface area contributed by atoms with E-state index in [2.05, 4.69) is 9.97 Å². The molecule has 6 nitrogen and oxygen atoms in total. The van der Waals surface area contributed by atoms with Gasteiger partial charge in [-0.25, -0.2) is 9.78 Å². The zero-order valence-electron chi connectivity index (χ0n) is 12.4. The van der Waals surface area contributed by atoms with Crippen molar-refractivity contribution in [2.24, 2.45) is 0 Å². The number of aryl methyl sites for hydroxylation is 1. The highest BCUT2D eigenvalue weighted by molar-refractivity contribution is 5.68. The van der Waals surface area contributed by atoms with Gasteiger partial charge in [-0.05, 0) is 27.7 Å². The minimum absolute atomic E-state index is 0.0568. The van der Waals surface area contributed by atoms with Crippen LogP contribution >= 0.6 is 0 Å². The van der Waals surface area contributed by atoms with Gasteiger partial charge in [0.2, 0.25) is 5.88 Å². The Kier molecular flexibility index (Phi) is 4.11. The third kappa shape index (κ3) is 4.08. The van der Waals surface area contributed by atoms with Crippen LogP contribution in [0.4, 0.5) is 4.79 Å². The van der Waals surface area contributed by atoms with E-state index in [1.807, 2.05) is 27.7 Å². The summed E-state index contributed by atoms with van der Waals surface area (Å²) in [6.45, 7) is 8.59. The average Bonchev–Trinajstić information content (AvgIpc) is 2.75. The number of amides is 1. The van der Waals surface area contributed by atoms with Crippen molar-refractivity contribution >= 4 is 6.09 Å². The third-order valence-electron chi connectivity index (χ3n) is 2.82. The molecule has 1 amide bonds. The second kappa shape index (κ2) is 5.64. The fourth-order valence-electron chi connectivity index (χ4n) is 1.98. The Labute approximate surface area is 119 Å². The van der Waals surface area contributed by atoms with Gasteiger partial charge in [0.05, 0.1) is 18.4 Å². The molecule has 0 spiro atoms. The lowest BCUT2D eigenvalue weighted by Gasteiger charge is -2.24. The highest BCUT2D eigenvalue weighted by Gasteiger charge is 2.31. The van der Waals surface area contributed by atoms with Gasteiger partial charge in [-0.3, -0.25) is 4.98 Å². The van der Waals surface area contributed by atoms with Gasteiger partial charge in [0.25, 0.3) is 0 Å². The van der Waals surface area contributed by atoms with E-state index in [1.54, 1.807) is 17.3 Å². The zero-order valence-corrected chi connectivity index (χ0v) is 12.4. The summed E-state index contributed by atoms with van der Waals surface area (Å²) >= 11 is 0. The predicted molar refractivity (Wildman–Crippen MR) is 73.6 cm³/mol. The first kappa shape index (κ1) is 14.6. The molecule has 1 aliphatic rings. The highest BCUT2D eigenvalue weighted by Crippen LogP contribution is 2.18. The predicted octanol–water partition coefficient (Wildman–Crippen LogP) is 2.17. The number of aromatic nitrogens is 2. The summed E-state index contributed by atoms with van der Waals surface area (Å²) in [5, 5.41) is 0. The molecule has 1 aromatic rings. The summed E-state index contributed by atoms with van der Waals surface area (Å²) in [5.41, 5.74) is 0.336. The van der Waals surface area contributed by atoms with E-state index in [0.717, 1.165) is 12.1 Å². The van der Waals surface area contributed by atoms with Gasteiger partial charge in [0.1, 0.15) is 11.7 Å². The maximum atomic E-state index is 11.9. The van der Waals surface area contributed by atoms with Crippen molar-refractivity contribution in [3.8, 4) is 5.88 Å². The van der Waals surface area contributed by atoms with Crippen molar-refractivity contribution in [2.45, 2.75) is 45.8 Å². The van der Waals surface area contributed by atoms with Crippen LogP contribution in [0.25, 0.3) is 0 Å². The number of carbonyl (C=O) groups excluding carboxylic acids is 1. The molecular weight excluding hydrogens is 258 g/mol. The quantitative estimate of drug-likeness (QED) is 0.830. The molecule has 0 saturated carbocycles. The maximum absolute atomic E-state index is 11.9. The van der Waals surface area contributed by atoms with E-state index in [0.29, 0.717) is 19.0 Å². The fraction of sp³-hybridized carbons (Fsp3) is 0.643. The largest absolute Gasteiger partial charge is 0.471 e. The topological polar surface area (TPSA) is 64.5 Å². The molecule has 1 aliphatic heterocycles. The van der Waals surface area contributed by atoms with Gasteiger partial charge < -0.3 is 14.4 Å². The number of ether oxygens (including phenoxy) is 2. The van der Waals surface area contributed by atoms with Crippen LogP contribution in [-0.2, 0) is 4.74 Å². The molecule has 1 saturated heterocycles. The summed E-state index contributed by atoms with van der Waals surface area (Å²) in [6, 6.07) is 0. The van der Waals surface area contributed by atoms with E-state index >= 15 is 0 Å². The molecule has 110 valence electrons. The van der Waals surface area contributed by atoms with E-state index in [-0.39, 0.29) is 12.2 Å². The van der Waals surface area contributed by atoms with Crippen LogP contribution in [0.2, 0.25) is 0 Å². The first-order valence-corrected chi connectivity index (χ1v) is 6.77. The van der Waals surface area contributed by atoms with E-state index in [9.17, 15) is 4.79 Å². The summed E-state index contributed by atoms with van der Waals surface area (Å²) in [4.78, 5) is 21.9. The average molecular weight is 279 g/mol. The van der Waals surface area contributed by atoms with Gasteiger partial charge in [-0.2, -0.15) is 0 Å². The molecule has 20 heavy (non-hydrogen) atoms. The summed E-state index contributed by atoms with van der Waals surface area (Å²) in [6.07, 6.45) is 3.68. The second-order valence-electron chi connectivity index (χ2n) is 5.95. The van der Waals surface area contributed by atoms with Crippen molar-refractivity contribution in [3.05, 3.63) is 18.1 Å². The molecule has 0 N–H and O–H groups in total. The van der Waals surface area contributed by atoms with Crippen molar-refractivity contribution in [1.29, 1.82) is 0 Å². The Morgan fingerprint density at radius 3 is 2.80 bits per heavy atom. The monoisotopic (exact) mass is 279 g/mol. The molecule has 0 aliphatic carbocycles. The van der Waals surface area contributed by atoms with Crippen LogP contribution in [0.15, 0.2) is 12.4 Å². The van der Waals surface area contributed by atoms with Crippen molar-refractivity contribution in [2.75, 3.05) is 13.1 Å². The minimum Gasteiger partial charge on any atom is -0.471 e. The normalized spacial score (nSPS) is 19.0. The van der Waals surface area contributed by atoms with Crippen molar-refractivity contribution in [3.63, 3.8) is 0 Å². The maximum Gasteiger partial charge on any atom is 0.410 e. The van der Waals surface area contributed by atoms with Gasteiger partial charge in [-0.1, -0.05) is 0 Å². The molecule has 1 fully saturated rings. The van der Waals surface area contributed by atoms with Gasteiger partial charge >= 0.3 is 6.09 Å². The van der Waals surface area contributed by atoms with Gasteiger partial charge in [0, 0.05) is 19.2 Å². The Morgan fingerprint density at radius 2 is 2.15 bits per heavy atom. The van der Waals surface area contributed by atoms with Crippen molar-refractivity contribution < 1.29 is 14.3 Å². The molecule has 1 aromatic heterocycles. The van der Waals surface area contributed by atoms with Crippen LogP contribution in [0.1, 0.15) is 32.9 Å². The molecule has 2 heterocycles. The number of rotatable bonds is 2. The molecule has 0 bridgehead atoms. The fourth-order valence-corrected chi connectivity index (χ4v) is 1.98. The lowest BCUT2D eigenvalue weighted by molar-refractivity contribution is 0.0275. The number of nitrogens with zero attached hydrogens (tertiary/aromatic N) is 3. The molecule has 1 atom stereocenters. The summed E-state index contributed by atoms with van der Waals surface area (Å²) in [7, 11) is 0. The number of hydrogen-bond donors (Lipinski definition) is 0. The number of carbonyl (C=O) groups is 1. The van der Waals surface area contributed by atoms with Crippen LogP contribution in [0.3, 0.4) is 0 Å². The number of likely N-dealkylation sites (tertiary alicyclic amines) is 1. The molecular formula is C14H21N3O3. The SMILES string of the molecule is Cc1cncc(OC2CCN(C(=O)OC(C)(C)C)C2)n1. The van der Waals surface area contributed by atoms with Crippen LogP contribution in [0, 0.1) is 6.92 Å². The van der Waals surface area contributed by atoms with Crippen LogP contribution < -0.4 is 4.74 Å². The number of hydrogen-bond acceptors (Lipinski definition) is 5. The first-order valence-electron chi connectivity index (χ1n) is 6.77. The smallest absolute Gasteiger partial charge is 0.410 e. The van der Waals surface area contributed by atoms with Gasteiger partial charge in [-0.15, -0.1) is 0 Å². The van der Waals surface area contributed by atoms with E-state index < -0.39 is 5.60 Å². The summed E-state index contributed by atoms with van der Waals surface area (Å²) in [5.74, 6) is 0.501. The van der Waals surface area contributed by atoms with Crippen LogP contribution in [0.5, 0.6) is 5.88 Å². The van der Waals surface area contributed by atoms with Crippen molar-refractivity contribution in [1.82, 2.24) is 14.9 Å². The molecule has 0 aromatic carbocycles. The third-order valence-corrected chi connectivity index (χ3v) is 2.82. The second-order valence-corrected chi connectivity index (χ2v) is 5.95. The lowest BCUT2D eigenvalue weighted by Crippen LogP contribution is -2.36. The van der Waals surface area contributed by atoms with E-state index in [1.165, 1.54) is 0 Å². The van der Waals surface area contributed by atoms with Crippen LogP contribution in [-0.4, -0.2) is 45.8 Å². The lowest BCUT2D eigenvalue weighted by atomic mass is 10.2. The first-order chi connectivity index (χ1) is 9.33. The van der Waals surface area contributed by atoms with E-state index in [4.69, 9.17) is 9.47 Å². The molecule has 2 rings (SSSR count). The Balaban J connectivity index is 1.88.